The van der Waals surface area contributed by atoms with E-state index in [2.05, 4.69) is 4.98 Å². The Hall–Kier alpha value is -2.63. The first-order valence-corrected chi connectivity index (χ1v) is 9.18. The van der Waals surface area contributed by atoms with E-state index in [0.717, 1.165) is 28.1 Å². The standard InChI is InChI=1S/C20H15Cl2N3O2/c1-27-20(26)19-17-10-23-18(13-4-2-3-5-15(13)22)14-8-12(9-21)6-7-16(14)25(17)11-24-19/h2-8,11H,9-10H2,1H3. The van der Waals surface area contributed by atoms with Crippen molar-refractivity contribution in [3.63, 3.8) is 0 Å². The Labute approximate surface area is 166 Å². The first-order chi connectivity index (χ1) is 13.1. The monoisotopic (exact) mass is 399 g/mol. The van der Waals surface area contributed by atoms with Crippen LogP contribution in [0.15, 0.2) is 53.8 Å². The number of nitrogens with zero attached hydrogens (tertiary/aromatic N) is 3. The van der Waals surface area contributed by atoms with Crippen LogP contribution < -0.4 is 0 Å². The molecule has 0 saturated carbocycles. The van der Waals surface area contributed by atoms with Crippen LogP contribution in [0.4, 0.5) is 0 Å². The summed E-state index contributed by atoms with van der Waals surface area (Å²) >= 11 is 12.5. The van der Waals surface area contributed by atoms with Crippen molar-refractivity contribution in [3.8, 4) is 5.69 Å². The molecule has 0 atom stereocenters. The predicted molar refractivity (Wildman–Crippen MR) is 105 cm³/mol. The zero-order valence-corrected chi connectivity index (χ0v) is 16.0. The van der Waals surface area contributed by atoms with Gasteiger partial charge in [-0.2, -0.15) is 0 Å². The van der Waals surface area contributed by atoms with Crippen molar-refractivity contribution in [2.45, 2.75) is 12.4 Å². The zero-order chi connectivity index (χ0) is 19.0. The van der Waals surface area contributed by atoms with Gasteiger partial charge in [0, 0.05) is 22.0 Å². The number of carbonyl (C=O) groups excluding carboxylic acids is 1. The number of fused-ring (bicyclic) bond motifs is 3. The highest BCUT2D eigenvalue weighted by molar-refractivity contribution is 6.35. The van der Waals surface area contributed by atoms with E-state index in [1.165, 1.54) is 7.11 Å². The Balaban J connectivity index is 1.98. The maximum absolute atomic E-state index is 12.1. The highest BCUT2D eigenvalue weighted by Gasteiger charge is 2.25. The van der Waals surface area contributed by atoms with E-state index in [1.807, 2.05) is 47.0 Å². The summed E-state index contributed by atoms with van der Waals surface area (Å²) in [4.78, 5) is 21.1. The van der Waals surface area contributed by atoms with Gasteiger partial charge in [0.25, 0.3) is 0 Å². The second-order valence-electron chi connectivity index (χ2n) is 6.03. The summed E-state index contributed by atoms with van der Waals surface area (Å²) in [6.45, 7) is 0.274. The minimum Gasteiger partial charge on any atom is -0.464 e. The normalized spacial score (nSPS) is 12.6. The average Bonchev–Trinajstić information content (AvgIpc) is 3.05. The number of ether oxygens (including phenoxy) is 1. The van der Waals surface area contributed by atoms with Crippen LogP contribution in [-0.4, -0.2) is 28.3 Å². The van der Waals surface area contributed by atoms with E-state index in [-0.39, 0.29) is 12.2 Å². The summed E-state index contributed by atoms with van der Waals surface area (Å²) in [7, 11) is 1.34. The van der Waals surface area contributed by atoms with Gasteiger partial charge >= 0.3 is 5.97 Å². The van der Waals surface area contributed by atoms with Gasteiger partial charge in [-0.05, 0) is 23.8 Å². The van der Waals surface area contributed by atoms with Crippen LogP contribution in [-0.2, 0) is 17.2 Å². The van der Waals surface area contributed by atoms with Crippen LogP contribution in [0.1, 0.15) is 32.9 Å². The molecule has 0 N–H and O–H groups in total. The number of carbonyl (C=O) groups is 1. The Morgan fingerprint density at radius 1 is 1.22 bits per heavy atom. The lowest BCUT2D eigenvalue weighted by molar-refractivity contribution is 0.0593. The summed E-state index contributed by atoms with van der Waals surface area (Å²) in [5.41, 5.74) is 5.21. The molecular weight excluding hydrogens is 385 g/mol. The molecule has 0 radical (unpaired) electrons. The van der Waals surface area contributed by atoms with Crippen molar-refractivity contribution in [1.29, 1.82) is 0 Å². The maximum atomic E-state index is 12.1. The number of benzene rings is 2. The van der Waals surface area contributed by atoms with Gasteiger partial charge in [-0.25, -0.2) is 9.78 Å². The lowest BCUT2D eigenvalue weighted by Gasteiger charge is -2.14. The highest BCUT2D eigenvalue weighted by atomic mass is 35.5. The second-order valence-corrected chi connectivity index (χ2v) is 6.71. The van der Waals surface area contributed by atoms with Gasteiger partial charge < -0.3 is 4.74 Å². The van der Waals surface area contributed by atoms with Gasteiger partial charge in [-0.3, -0.25) is 9.56 Å². The molecule has 2 heterocycles. The van der Waals surface area contributed by atoms with Gasteiger partial charge in [-0.1, -0.05) is 35.9 Å². The number of hydrogen-bond donors (Lipinski definition) is 0. The average molecular weight is 400 g/mol. The lowest BCUT2D eigenvalue weighted by Crippen LogP contribution is -2.08. The molecular formula is C20H15Cl2N3O2. The molecule has 1 aliphatic rings. The molecule has 1 aliphatic heterocycles. The number of esters is 1. The van der Waals surface area contributed by atoms with Gasteiger partial charge in [0.05, 0.1) is 30.7 Å². The minimum absolute atomic E-state index is 0.258. The van der Waals surface area contributed by atoms with Crippen molar-refractivity contribution in [1.82, 2.24) is 9.55 Å². The largest absolute Gasteiger partial charge is 0.464 e. The molecule has 0 amide bonds. The van der Waals surface area contributed by atoms with Gasteiger partial charge in [-0.15, -0.1) is 11.6 Å². The van der Waals surface area contributed by atoms with Crippen LogP contribution in [0.5, 0.6) is 0 Å². The summed E-state index contributed by atoms with van der Waals surface area (Å²) in [5.74, 6) is -0.105. The van der Waals surface area contributed by atoms with Crippen LogP contribution in [0, 0.1) is 0 Å². The van der Waals surface area contributed by atoms with Crippen LogP contribution >= 0.6 is 23.2 Å². The SMILES string of the molecule is COC(=O)c1ncn2c1CN=C(c1ccccc1Cl)c1cc(CCl)ccc1-2. The fourth-order valence-electron chi connectivity index (χ4n) is 3.19. The van der Waals surface area contributed by atoms with Crippen molar-refractivity contribution in [2.24, 2.45) is 4.99 Å². The molecule has 0 bridgehead atoms. The number of aromatic nitrogens is 2. The Bertz CT molecular complexity index is 1070. The molecule has 2 aromatic carbocycles. The van der Waals surface area contributed by atoms with Crippen molar-refractivity contribution in [3.05, 3.63) is 81.9 Å². The van der Waals surface area contributed by atoms with Crippen LogP contribution in [0.25, 0.3) is 5.69 Å². The minimum atomic E-state index is -0.487. The third kappa shape index (κ3) is 3.03. The fourth-order valence-corrected chi connectivity index (χ4v) is 3.58. The summed E-state index contributed by atoms with van der Waals surface area (Å²) in [6.07, 6.45) is 1.62. The summed E-state index contributed by atoms with van der Waals surface area (Å²) < 4.78 is 6.72. The number of imidazole rings is 1. The molecule has 27 heavy (non-hydrogen) atoms. The summed E-state index contributed by atoms with van der Waals surface area (Å²) in [5, 5.41) is 0.608. The maximum Gasteiger partial charge on any atom is 0.358 e. The number of methoxy groups -OCH3 is 1. The summed E-state index contributed by atoms with van der Waals surface area (Å²) in [6, 6.07) is 13.5. The molecule has 0 saturated heterocycles. The smallest absolute Gasteiger partial charge is 0.358 e. The fraction of sp³-hybridized carbons (Fsp3) is 0.150. The molecule has 7 heteroatoms. The van der Waals surface area contributed by atoms with Crippen molar-refractivity contribution >= 4 is 34.9 Å². The molecule has 4 rings (SSSR count). The zero-order valence-electron chi connectivity index (χ0n) is 14.4. The third-order valence-electron chi connectivity index (χ3n) is 4.49. The third-order valence-corrected chi connectivity index (χ3v) is 5.13. The lowest BCUT2D eigenvalue weighted by atomic mass is 9.98. The Morgan fingerprint density at radius 3 is 2.78 bits per heavy atom. The first kappa shape index (κ1) is 17.8. The number of rotatable bonds is 3. The molecule has 5 nitrogen and oxygen atoms in total. The quantitative estimate of drug-likeness (QED) is 0.484. The number of hydrogen-bond acceptors (Lipinski definition) is 4. The van der Waals surface area contributed by atoms with Crippen molar-refractivity contribution < 1.29 is 9.53 Å². The van der Waals surface area contributed by atoms with Gasteiger partial charge in [0.2, 0.25) is 0 Å². The molecule has 1 aromatic heterocycles. The molecule has 136 valence electrons. The molecule has 0 aliphatic carbocycles. The Kier molecular flexibility index (Phi) is 4.72. The van der Waals surface area contributed by atoms with E-state index in [0.29, 0.717) is 16.6 Å². The van der Waals surface area contributed by atoms with Gasteiger partial charge in [0.15, 0.2) is 5.69 Å². The number of alkyl halides is 1. The van der Waals surface area contributed by atoms with E-state index in [1.54, 1.807) is 6.33 Å². The van der Waals surface area contributed by atoms with E-state index < -0.39 is 5.97 Å². The van der Waals surface area contributed by atoms with Gasteiger partial charge in [0.1, 0.15) is 6.33 Å². The number of aliphatic imine (C=N–C) groups is 1. The highest BCUT2D eigenvalue weighted by Crippen LogP contribution is 2.30. The molecule has 0 spiro atoms. The Morgan fingerprint density at radius 2 is 2.04 bits per heavy atom. The van der Waals surface area contributed by atoms with Crippen LogP contribution in [0.3, 0.4) is 0 Å². The number of halogens is 2. The topological polar surface area (TPSA) is 56.5 Å². The molecule has 0 fully saturated rings. The van der Waals surface area contributed by atoms with E-state index in [9.17, 15) is 4.79 Å². The van der Waals surface area contributed by atoms with Crippen LogP contribution in [0.2, 0.25) is 5.02 Å². The molecule has 3 aromatic rings. The van der Waals surface area contributed by atoms with E-state index in [4.69, 9.17) is 32.9 Å². The molecule has 0 unspecified atom stereocenters. The van der Waals surface area contributed by atoms with E-state index >= 15 is 0 Å². The predicted octanol–water partition coefficient (Wildman–Crippen LogP) is 4.40. The second kappa shape index (κ2) is 7.18. The van der Waals surface area contributed by atoms with Crippen molar-refractivity contribution in [2.75, 3.05) is 7.11 Å². The first-order valence-electron chi connectivity index (χ1n) is 8.27.